The smallest absolute Gasteiger partial charge is 0.0588 e. The molecule has 0 atom stereocenters. The fraction of sp³-hybridized carbons (Fsp3) is 0.167. The van der Waals surface area contributed by atoms with Crippen LogP contribution in [0.4, 0.5) is 0 Å². The molecule has 0 bridgehead atoms. The molecule has 2 nitrogen and oxygen atoms in total. The predicted molar refractivity (Wildman–Crippen MR) is 33.4 cm³/mol. The van der Waals surface area contributed by atoms with Crippen molar-refractivity contribution in [1.82, 2.24) is 4.98 Å². The van der Waals surface area contributed by atoms with Gasteiger partial charge >= 0.3 is 0 Å². The maximum Gasteiger partial charge on any atom is 0.0588 e. The number of rotatable bonds is 1. The quantitative estimate of drug-likeness (QED) is 0.509. The molecule has 0 fully saturated rings. The maximum absolute atomic E-state index is 6.84. The lowest BCUT2D eigenvalue weighted by atomic mass is 10.3. The molecule has 1 rings (SSSR count). The molecule has 0 aromatic carbocycles. The Morgan fingerprint density at radius 3 is 2.75 bits per heavy atom. The van der Waals surface area contributed by atoms with Crippen molar-refractivity contribution >= 4 is 6.21 Å². The van der Waals surface area contributed by atoms with E-state index in [0.717, 1.165) is 11.3 Å². The molecule has 2 heteroatoms. The zero-order valence-corrected chi connectivity index (χ0v) is 4.73. The summed E-state index contributed by atoms with van der Waals surface area (Å²) in [5, 5.41) is 6.84. The summed E-state index contributed by atoms with van der Waals surface area (Å²) in [6.07, 6.45) is 3.14. The highest BCUT2D eigenvalue weighted by molar-refractivity contribution is 5.76. The van der Waals surface area contributed by atoms with Gasteiger partial charge in [-0.25, -0.2) is 0 Å². The fourth-order valence-corrected chi connectivity index (χ4v) is 0.616. The minimum atomic E-state index is 0.894. The van der Waals surface area contributed by atoms with Crippen molar-refractivity contribution in [2.45, 2.75) is 6.92 Å². The van der Waals surface area contributed by atoms with E-state index in [9.17, 15) is 0 Å². The normalized spacial score (nSPS) is 9.12. The SMILES string of the molecule is Cc1cc[nH]c1C=N. The molecule has 0 aliphatic rings. The van der Waals surface area contributed by atoms with Gasteiger partial charge in [0.1, 0.15) is 0 Å². The fourth-order valence-electron chi connectivity index (χ4n) is 0.616. The van der Waals surface area contributed by atoms with Gasteiger partial charge in [0.25, 0.3) is 0 Å². The molecule has 0 radical (unpaired) electrons. The second-order valence-corrected chi connectivity index (χ2v) is 1.72. The van der Waals surface area contributed by atoms with Gasteiger partial charge < -0.3 is 10.4 Å². The average molecular weight is 108 g/mol. The molecule has 0 aliphatic carbocycles. The Morgan fingerprint density at radius 2 is 2.50 bits per heavy atom. The summed E-state index contributed by atoms with van der Waals surface area (Å²) in [7, 11) is 0. The van der Waals surface area contributed by atoms with Gasteiger partial charge in [-0.3, -0.25) is 0 Å². The Hall–Kier alpha value is -1.05. The van der Waals surface area contributed by atoms with Gasteiger partial charge in [-0.15, -0.1) is 0 Å². The van der Waals surface area contributed by atoms with Gasteiger partial charge in [0.2, 0.25) is 0 Å². The lowest BCUT2D eigenvalue weighted by Crippen LogP contribution is -1.79. The standard InChI is InChI=1S/C6H8N2/c1-5-2-3-8-6(5)4-7/h2-4,7-8H,1H3. The van der Waals surface area contributed by atoms with Crippen LogP contribution in [0.25, 0.3) is 0 Å². The third kappa shape index (κ3) is 0.644. The largest absolute Gasteiger partial charge is 0.360 e. The molecule has 0 saturated heterocycles. The number of hydrogen-bond donors (Lipinski definition) is 2. The Kier molecular flexibility index (Phi) is 1.16. The minimum Gasteiger partial charge on any atom is -0.360 e. The lowest BCUT2D eigenvalue weighted by Gasteiger charge is -1.83. The summed E-state index contributed by atoms with van der Waals surface area (Å²) in [5.74, 6) is 0. The number of hydrogen-bond acceptors (Lipinski definition) is 1. The van der Waals surface area contributed by atoms with Gasteiger partial charge in [-0.1, -0.05) is 0 Å². The van der Waals surface area contributed by atoms with E-state index in [1.165, 1.54) is 6.21 Å². The van der Waals surface area contributed by atoms with E-state index in [1.807, 2.05) is 19.2 Å². The summed E-state index contributed by atoms with van der Waals surface area (Å²) in [4.78, 5) is 2.91. The van der Waals surface area contributed by atoms with E-state index < -0.39 is 0 Å². The number of aryl methyl sites for hydroxylation is 1. The van der Waals surface area contributed by atoms with Crippen LogP contribution in [0, 0.1) is 12.3 Å². The van der Waals surface area contributed by atoms with Crippen LogP contribution >= 0.6 is 0 Å². The highest BCUT2D eigenvalue weighted by Crippen LogP contribution is 1.98. The first-order valence-corrected chi connectivity index (χ1v) is 2.49. The predicted octanol–water partition coefficient (Wildman–Crippen LogP) is 1.32. The van der Waals surface area contributed by atoms with Crippen LogP contribution < -0.4 is 0 Å². The first kappa shape index (κ1) is 5.09. The molecule has 0 spiro atoms. The van der Waals surface area contributed by atoms with Crippen molar-refractivity contribution in [3.05, 3.63) is 23.5 Å². The van der Waals surface area contributed by atoms with Crippen molar-refractivity contribution in [3.63, 3.8) is 0 Å². The molecule has 0 amide bonds. The van der Waals surface area contributed by atoms with Crippen LogP contribution in [0.5, 0.6) is 0 Å². The molecule has 2 N–H and O–H groups in total. The third-order valence-electron chi connectivity index (χ3n) is 1.14. The topological polar surface area (TPSA) is 39.6 Å². The highest BCUT2D eigenvalue weighted by Gasteiger charge is 1.89. The average Bonchev–Trinajstić information content (AvgIpc) is 2.14. The van der Waals surface area contributed by atoms with Gasteiger partial charge in [0.05, 0.1) is 5.69 Å². The van der Waals surface area contributed by atoms with Gasteiger partial charge in [-0.05, 0) is 18.6 Å². The van der Waals surface area contributed by atoms with Gasteiger partial charge in [0.15, 0.2) is 0 Å². The first-order chi connectivity index (χ1) is 3.84. The van der Waals surface area contributed by atoms with E-state index in [4.69, 9.17) is 5.41 Å². The number of aromatic nitrogens is 1. The molecule has 1 aromatic heterocycles. The third-order valence-corrected chi connectivity index (χ3v) is 1.14. The molecular formula is C6H8N2. The van der Waals surface area contributed by atoms with Crippen molar-refractivity contribution in [2.75, 3.05) is 0 Å². The van der Waals surface area contributed by atoms with Crippen molar-refractivity contribution < 1.29 is 0 Å². The van der Waals surface area contributed by atoms with Crippen LogP contribution in [-0.2, 0) is 0 Å². The Morgan fingerprint density at radius 1 is 1.75 bits per heavy atom. The van der Waals surface area contributed by atoms with Crippen LogP contribution in [-0.4, -0.2) is 11.2 Å². The summed E-state index contributed by atoms with van der Waals surface area (Å²) in [6, 6.07) is 1.94. The van der Waals surface area contributed by atoms with Crippen molar-refractivity contribution in [1.29, 1.82) is 5.41 Å². The molecule has 42 valence electrons. The summed E-state index contributed by atoms with van der Waals surface area (Å²) in [6.45, 7) is 1.97. The van der Waals surface area contributed by atoms with E-state index in [-0.39, 0.29) is 0 Å². The molecule has 0 saturated carbocycles. The molecule has 0 aliphatic heterocycles. The molecule has 0 unspecified atom stereocenters. The number of nitrogens with one attached hydrogen (secondary N) is 2. The van der Waals surface area contributed by atoms with Crippen LogP contribution in [0.1, 0.15) is 11.3 Å². The van der Waals surface area contributed by atoms with E-state index in [2.05, 4.69) is 4.98 Å². The van der Waals surface area contributed by atoms with Crippen molar-refractivity contribution in [3.8, 4) is 0 Å². The Balaban J connectivity index is 3.09. The molecule has 1 heterocycles. The number of aromatic amines is 1. The zero-order chi connectivity index (χ0) is 5.98. The number of H-pyrrole nitrogens is 1. The Labute approximate surface area is 48.1 Å². The molecule has 8 heavy (non-hydrogen) atoms. The zero-order valence-electron chi connectivity index (χ0n) is 4.73. The van der Waals surface area contributed by atoms with Crippen molar-refractivity contribution in [2.24, 2.45) is 0 Å². The van der Waals surface area contributed by atoms with E-state index >= 15 is 0 Å². The highest BCUT2D eigenvalue weighted by atomic mass is 14.7. The maximum atomic E-state index is 6.84. The summed E-state index contributed by atoms with van der Waals surface area (Å²) in [5.41, 5.74) is 2.02. The lowest BCUT2D eigenvalue weighted by molar-refractivity contribution is 1.34. The Bertz CT molecular complexity index is 188. The van der Waals surface area contributed by atoms with Crippen LogP contribution in [0.3, 0.4) is 0 Å². The van der Waals surface area contributed by atoms with Gasteiger partial charge in [0, 0.05) is 12.4 Å². The minimum absolute atomic E-state index is 0.894. The summed E-state index contributed by atoms with van der Waals surface area (Å²) < 4.78 is 0. The second kappa shape index (κ2) is 1.82. The monoisotopic (exact) mass is 108 g/mol. The molecular weight excluding hydrogens is 100 g/mol. The van der Waals surface area contributed by atoms with Crippen LogP contribution in [0.2, 0.25) is 0 Å². The first-order valence-electron chi connectivity index (χ1n) is 2.49. The van der Waals surface area contributed by atoms with E-state index in [1.54, 1.807) is 0 Å². The van der Waals surface area contributed by atoms with Crippen LogP contribution in [0.15, 0.2) is 12.3 Å². The van der Waals surface area contributed by atoms with Gasteiger partial charge in [-0.2, -0.15) is 0 Å². The second-order valence-electron chi connectivity index (χ2n) is 1.72. The van der Waals surface area contributed by atoms with E-state index in [0.29, 0.717) is 0 Å². The molecule has 1 aromatic rings. The summed E-state index contributed by atoms with van der Waals surface area (Å²) >= 11 is 0.